The van der Waals surface area contributed by atoms with Crippen molar-refractivity contribution in [2.75, 3.05) is 13.7 Å². The van der Waals surface area contributed by atoms with Gasteiger partial charge < -0.3 is 20.5 Å². The largest absolute Gasteiger partial charge is 0.493 e. The molecule has 0 aliphatic rings. The van der Waals surface area contributed by atoms with Crippen molar-refractivity contribution in [2.24, 2.45) is 5.73 Å². The fourth-order valence-corrected chi connectivity index (χ4v) is 2.53. The second kappa shape index (κ2) is 9.01. The molecule has 0 saturated heterocycles. The second-order valence-corrected chi connectivity index (χ2v) is 5.85. The van der Waals surface area contributed by atoms with Crippen LogP contribution in [0.25, 0.3) is 0 Å². The Morgan fingerprint density at radius 3 is 2.61 bits per heavy atom. The van der Waals surface area contributed by atoms with Gasteiger partial charge in [0.15, 0.2) is 18.1 Å². The van der Waals surface area contributed by atoms with E-state index in [1.54, 1.807) is 6.07 Å². The third kappa shape index (κ3) is 4.86. The molecular weight excluding hydrogens is 396 g/mol. The number of nitriles is 1. The van der Waals surface area contributed by atoms with Gasteiger partial charge in [-0.15, -0.1) is 0 Å². The summed E-state index contributed by atoms with van der Waals surface area (Å²) in [6.07, 6.45) is 0. The van der Waals surface area contributed by atoms with Gasteiger partial charge in [0.2, 0.25) is 0 Å². The van der Waals surface area contributed by atoms with Crippen LogP contribution in [0.2, 0.25) is 5.02 Å². The Hall–Kier alpha value is -3.38. The number of benzene rings is 2. The van der Waals surface area contributed by atoms with Crippen LogP contribution in [-0.2, 0) is 4.79 Å². The normalized spacial score (nSPS) is 11.2. The molecule has 0 spiro atoms. The predicted octanol–water partition coefficient (Wildman–Crippen LogP) is 2.49. The fraction of sp³-hybridized carbons (Fsp3) is 0.167. The van der Waals surface area contributed by atoms with E-state index in [4.69, 9.17) is 26.8 Å². The summed E-state index contributed by atoms with van der Waals surface area (Å²) in [6, 6.07) is 5.47. The van der Waals surface area contributed by atoms with Crippen LogP contribution in [0.5, 0.6) is 11.5 Å². The van der Waals surface area contributed by atoms with Crippen LogP contribution in [0.15, 0.2) is 30.3 Å². The Morgan fingerprint density at radius 2 is 2.04 bits per heavy atom. The van der Waals surface area contributed by atoms with E-state index in [0.717, 1.165) is 12.1 Å². The summed E-state index contributed by atoms with van der Waals surface area (Å²) in [5.74, 6) is -3.25. The van der Waals surface area contributed by atoms with Crippen molar-refractivity contribution >= 4 is 23.4 Å². The summed E-state index contributed by atoms with van der Waals surface area (Å²) < 4.78 is 37.2. The molecule has 2 amide bonds. The summed E-state index contributed by atoms with van der Waals surface area (Å²) >= 11 is 6.07. The topological polar surface area (TPSA) is 114 Å². The zero-order valence-corrected chi connectivity index (χ0v) is 15.2. The molecular formula is C18H14ClF2N3O4. The van der Waals surface area contributed by atoms with E-state index in [-0.39, 0.29) is 27.6 Å². The minimum atomic E-state index is -1.37. The molecule has 1 atom stereocenters. The summed E-state index contributed by atoms with van der Waals surface area (Å²) in [5, 5.41) is 11.5. The molecule has 0 fully saturated rings. The van der Waals surface area contributed by atoms with Gasteiger partial charge in [0.25, 0.3) is 11.8 Å². The van der Waals surface area contributed by atoms with Crippen LogP contribution < -0.4 is 20.5 Å². The van der Waals surface area contributed by atoms with Crippen LogP contribution in [0.4, 0.5) is 8.78 Å². The van der Waals surface area contributed by atoms with Crippen molar-refractivity contribution in [3.8, 4) is 17.6 Å². The van der Waals surface area contributed by atoms with Gasteiger partial charge in [0.1, 0.15) is 17.7 Å². The molecule has 2 aromatic carbocycles. The van der Waals surface area contributed by atoms with Gasteiger partial charge >= 0.3 is 0 Å². The lowest BCUT2D eigenvalue weighted by Crippen LogP contribution is -2.28. The van der Waals surface area contributed by atoms with Crippen molar-refractivity contribution in [1.29, 1.82) is 5.26 Å². The number of nitrogens with zero attached hydrogens (tertiary/aromatic N) is 1. The maximum absolute atomic E-state index is 13.9. The minimum absolute atomic E-state index is 0.000860. The number of nitrogens with two attached hydrogens (primary N) is 1. The number of methoxy groups -OCH3 is 1. The first-order valence-electron chi connectivity index (χ1n) is 7.70. The molecule has 2 aromatic rings. The Balaban J connectivity index is 2.29. The number of carbonyl (C=O) groups is 2. The van der Waals surface area contributed by atoms with Gasteiger partial charge in [-0.3, -0.25) is 9.59 Å². The molecule has 1 unspecified atom stereocenters. The van der Waals surface area contributed by atoms with E-state index in [1.807, 2.05) is 0 Å². The lowest BCUT2D eigenvalue weighted by atomic mass is 10.1. The molecule has 0 bridgehead atoms. The van der Waals surface area contributed by atoms with Crippen LogP contribution in [0.3, 0.4) is 0 Å². The van der Waals surface area contributed by atoms with Crippen LogP contribution >= 0.6 is 11.6 Å². The Kier molecular flexibility index (Phi) is 6.74. The van der Waals surface area contributed by atoms with Crippen molar-refractivity contribution < 1.29 is 27.8 Å². The van der Waals surface area contributed by atoms with Crippen LogP contribution in [-0.4, -0.2) is 25.5 Å². The SMILES string of the molecule is COc1cc(C(=O)NC(C#N)c2ccc(F)cc2F)cc(Cl)c1OCC(N)=O. The summed E-state index contributed by atoms with van der Waals surface area (Å²) in [7, 11) is 1.29. The van der Waals surface area contributed by atoms with Gasteiger partial charge in [0.05, 0.1) is 18.2 Å². The highest BCUT2D eigenvalue weighted by Gasteiger charge is 2.21. The molecule has 146 valence electrons. The first-order chi connectivity index (χ1) is 13.3. The summed E-state index contributed by atoms with van der Waals surface area (Å²) in [5.41, 5.74) is 4.80. The number of nitrogens with one attached hydrogen (secondary N) is 1. The number of ether oxygens (including phenoxy) is 2. The number of primary amides is 1. The van der Waals surface area contributed by atoms with E-state index >= 15 is 0 Å². The minimum Gasteiger partial charge on any atom is -0.493 e. The standard InChI is InChI=1S/C18H14ClF2N3O4/c1-27-15-5-9(4-12(19)17(15)28-8-16(23)25)18(26)24-14(7-22)11-3-2-10(20)6-13(11)21/h2-6,14H,8H2,1H3,(H2,23,25)(H,24,26). The highest BCUT2D eigenvalue weighted by molar-refractivity contribution is 6.32. The highest BCUT2D eigenvalue weighted by atomic mass is 35.5. The third-order valence-corrected chi connectivity index (χ3v) is 3.81. The molecule has 0 heterocycles. The number of amides is 2. The number of hydrogen-bond donors (Lipinski definition) is 2. The lowest BCUT2D eigenvalue weighted by molar-refractivity contribution is -0.119. The summed E-state index contributed by atoms with van der Waals surface area (Å²) in [4.78, 5) is 23.3. The average Bonchev–Trinajstić information content (AvgIpc) is 2.64. The van der Waals surface area contributed by atoms with Crippen molar-refractivity contribution in [2.45, 2.75) is 6.04 Å². The molecule has 0 radical (unpaired) electrons. The number of carbonyl (C=O) groups excluding carboxylic acids is 2. The lowest BCUT2D eigenvalue weighted by Gasteiger charge is -2.15. The van der Waals surface area contributed by atoms with Crippen LogP contribution in [0.1, 0.15) is 22.0 Å². The van der Waals surface area contributed by atoms with Gasteiger partial charge in [-0.05, 0) is 18.2 Å². The van der Waals surface area contributed by atoms with Gasteiger partial charge in [-0.25, -0.2) is 8.78 Å². The molecule has 2 rings (SSSR count). The van der Waals surface area contributed by atoms with Gasteiger partial charge in [0, 0.05) is 17.2 Å². The zero-order valence-electron chi connectivity index (χ0n) is 14.5. The number of rotatable bonds is 7. The van der Waals surface area contributed by atoms with Crippen LogP contribution in [0, 0.1) is 23.0 Å². The fourth-order valence-electron chi connectivity index (χ4n) is 2.26. The monoisotopic (exact) mass is 409 g/mol. The number of halogens is 3. The predicted molar refractivity (Wildman–Crippen MR) is 94.9 cm³/mol. The number of hydrogen-bond acceptors (Lipinski definition) is 5. The molecule has 7 nitrogen and oxygen atoms in total. The summed E-state index contributed by atoms with van der Waals surface area (Å²) in [6.45, 7) is -0.456. The molecule has 28 heavy (non-hydrogen) atoms. The molecule has 0 saturated carbocycles. The van der Waals surface area contributed by atoms with E-state index in [2.05, 4.69) is 5.32 Å². The quantitative estimate of drug-likeness (QED) is 0.729. The van der Waals surface area contributed by atoms with E-state index in [0.29, 0.717) is 6.07 Å². The zero-order chi connectivity index (χ0) is 20.8. The molecule has 0 aromatic heterocycles. The van der Waals surface area contributed by atoms with Gasteiger partial charge in [-0.2, -0.15) is 5.26 Å². The average molecular weight is 410 g/mol. The van der Waals surface area contributed by atoms with Crippen molar-refractivity contribution in [3.05, 3.63) is 58.1 Å². The molecule has 0 aliphatic heterocycles. The maximum atomic E-state index is 13.9. The Morgan fingerprint density at radius 1 is 1.32 bits per heavy atom. The molecule has 0 aliphatic carbocycles. The molecule has 3 N–H and O–H groups in total. The molecule has 10 heteroatoms. The van der Waals surface area contributed by atoms with E-state index in [9.17, 15) is 23.6 Å². The first-order valence-corrected chi connectivity index (χ1v) is 8.08. The smallest absolute Gasteiger partial charge is 0.255 e. The maximum Gasteiger partial charge on any atom is 0.255 e. The van der Waals surface area contributed by atoms with Crippen molar-refractivity contribution in [3.63, 3.8) is 0 Å². The third-order valence-electron chi connectivity index (χ3n) is 3.53. The van der Waals surface area contributed by atoms with Crippen molar-refractivity contribution in [1.82, 2.24) is 5.32 Å². The second-order valence-electron chi connectivity index (χ2n) is 5.45. The van der Waals surface area contributed by atoms with E-state index < -0.39 is 36.1 Å². The highest BCUT2D eigenvalue weighted by Crippen LogP contribution is 2.36. The van der Waals surface area contributed by atoms with E-state index in [1.165, 1.54) is 19.2 Å². The van der Waals surface area contributed by atoms with Gasteiger partial charge in [-0.1, -0.05) is 17.7 Å². The first kappa shape index (κ1) is 20.9. The Bertz CT molecular complexity index is 963. The Labute approximate surface area is 163 Å².